The number of nitrogens with zero attached hydrogens (tertiary/aromatic N) is 8. The summed E-state index contributed by atoms with van der Waals surface area (Å²) in [6.45, 7) is 8.53. The van der Waals surface area contributed by atoms with E-state index in [2.05, 4.69) is 20.4 Å². The zero-order valence-corrected chi connectivity index (χ0v) is 43.1. The zero-order valence-electron chi connectivity index (χ0n) is 43.1. The number of ether oxygens (including phenoxy) is 2. The summed E-state index contributed by atoms with van der Waals surface area (Å²) in [5.74, 6) is 0.887. The van der Waals surface area contributed by atoms with Gasteiger partial charge in [0, 0.05) is 86.6 Å². The van der Waals surface area contributed by atoms with Gasteiger partial charge in [-0.05, 0) is 102 Å². The minimum Gasteiger partial charge on any atom is -0.508 e. The number of fused-ring (bicyclic) bond motifs is 7. The Labute approximate surface area is 436 Å². The summed E-state index contributed by atoms with van der Waals surface area (Å²) in [6, 6.07) is 13.7. The molecule has 0 bridgehead atoms. The number of unbranched alkanes of at least 4 members (excludes halogenated alkanes) is 2. The molecule has 75 heavy (non-hydrogen) atoms. The second kappa shape index (κ2) is 23.2. The molecule has 2 amide bonds. The molecule has 20 heteroatoms. The molecule has 3 atom stereocenters. The highest BCUT2D eigenvalue weighted by Crippen LogP contribution is 2.57. The third-order valence-corrected chi connectivity index (χ3v) is 14.6. The van der Waals surface area contributed by atoms with Crippen molar-refractivity contribution in [3.8, 4) is 23.0 Å². The molecule has 3 unspecified atom stereocenters. The van der Waals surface area contributed by atoms with E-state index in [1.54, 1.807) is 56.0 Å². The summed E-state index contributed by atoms with van der Waals surface area (Å²) >= 11 is 0. The number of benzene rings is 3. The lowest BCUT2D eigenvalue weighted by atomic mass is 9.77. The number of phenolic OH excluding ortho intramolecular Hbond substituents is 2. The van der Waals surface area contributed by atoms with Crippen molar-refractivity contribution in [1.82, 2.24) is 30.6 Å². The average Bonchev–Trinajstić information content (AvgIpc) is 3.64. The van der Waals surface area contributed by atoms with Gasteiger partial charge in [0.15, 0.2) is 17.2 Å². The van der Waals surface area contributed by atoms with Gasteiger partial charge < -0.3 is 60.3 Å². The predicted octanol–water partition coefficient (Wildman–Crippen LogP) is 6.67. The topological polar surface area (TPSA) is 259 Å². The van der Waals surface area contributed by atoms with Gasteiger partial charge >= 0.3 is 5.97 Å². The number of carbonyl (C=O) groups excluding carboxylic acids is 3. The van der Waals surface area contributed by atoms with Crippen molar-refractivity contribution in [3.05, 3.63) is 82.4 Å². The van der Waals surface area contributed by atoms with E-state index in [0.29, 0.717) is 70.7 Å². The molecule has 7 N–H and O–H groups in total. The third kappa shape index (κ3) is 11.3. The van der Waals surface area contributed by atoms with Crippen molar-refractivity contribution >= 4 is 52.3 Å². The Balaban J connectivity index is 0.848. The number of hydrogen-bond donors (Lipinski definition) is 7. The van der Waals surface area contributed by atoms with Crippen LogP contribution in [-0.2, 0) is 15.1 Å². The smallest absolute Gasteiger partial charge is 0.340 e. The first-order valence-corrected chi connectivity index (χ1v) is 26.7. The van der Waals surface area contributed by atoms with Gasteiger partial charge in [0.05, 0.1) is 5.56 Å². The summed E-state index contributed by atoms with van der Waals surface area (Å²) in [5.41, 5.74) is 1.45. The second-order valence-electron chi connectivity index (χ2n) is 20.1. The number of amides is 2. The number of rotatable bonds is 17. The molecule has 6 heterocycles. The summed E-state index contributed by atoms with van der Waals surface area (Å²) in [7, 11) is 0. The first-order valence-electron chi connectivity index (χ1n) is 26.7. The summed E-state index contributed by atoms with van der Waals surface area (Å²) in [4.78, 5) is 68.0. The fourth-order valence-electron chi connectivity index (χ4n) is 10.8. The number of aliphatic hydroxyl groups excluding tert-OH is 3. The molecule has 20 nitrogen and oxygen atoms in total. The molecule has 4 aliphatic heterocycles. The van der Waals surface area contributed by atoms with E-state index in [0.717, 1.165) is 77.5 Å². The Morgan fingerprint density at radius 3 is 1.75 bits per heavy atom. The van der Waals surface area contributed by atoms with E-state index in [-0.39, 0.29) is 71.8 Å². The fourth-order valence-corrected chi connectivity index (χ4v) is 10.8. The van der Waals surface area contributed by atoms with Crippen LogP contribution in [0.1, 0.15) is 148 Å². The number of nitrogens with one attached hydrogen (secondary N) is 2. The Hall–Kier alpha value is -7.03. The number of aromatic hydroxyl groups is 2. The van der Waals surface area contributed by atoms with E-state index >= 15 is 0 Å². The molecule has 2 saturated heterocycles. The number of aromatic nitrogens is 4. The van der Waals surface area contributed by atoms with E-state index in [1.165, 1.54) is 42.0 Å². The van der Waals surface area contributed by atoms with Gasteiger partial charge in [0.2, 0.25) is 17.8 Å². The van der Waals surface area contributed by atoms with Crippen molar-refractivity contribution in [2.24, 2.45) is 0 Å². The third-order valence-electron chi connectivity index (χ3n) is 14.6. The van der Waals surface area contributed by atoms with E-state index in [4.69, 9.17) is 29.4 Å². The summed E-state index contributed by atoms with van der Waals surface area (Å²) in [6.07, 6.45) is 9.47. The van der Waals surface area contributed by atoms with Crippen LogP contribution in [0.2, 0.25) is 0 Å². The molecule has 9 rings (SSSR count). The molecule has 2 aromatic heterocycles. The zero-order chi connectivity index (χ0) is 52.8. The van der Waals surface area contributed by atoms with Crippen LogP contribution in [0.3, 0.4) is 0 Å². The first kappa shape index (κ1) is 52.8. The standard InChI is InChI=1S/C55H70N10O10/c1-34(66)64(53-58-47-48(49(60-53)62-26-13-6-4-7-14-27-62)59-54(65(35(2)67)36(3)68)61-50(47)63-28-15-8-5-9-16-29-63)30-25-56-46(71)17-11-10-12-24-57-51(72)37-18-21-40-43(31-37)55(75-52(40)73)41-22-19-38(69)32-44(41)74-45-33-39(70)20-23-42(45)55/h18-23,31-36,66-70H,4-17,24-30H2,1-3H3,(H,56,71)(H,57,72). The van der Waals surface area contributed by atoms with Crippen LogP contribution in [0, 0.1) is 0 Å². The number of phenols is 2. The molecule has 1 spiro atoms. The van der Waals surface area contributed by atoms with Gasteiger partial charge in [0.1, 0.15) is 52.7 Å². The van der Waals surface area contributed by atoms with Crippen molar-refractivity contribution in [2.75, 3.05) is 65.4 Å². The quantitative estimate of drug-likeness (QED) is 0.0291. The molecule has 3 aromatic carbocycles. The van der Waals surface area contributed by atoms with Crippen LogP contribution in [0.15, 0.2) is 54.6 Å². The molecule has 0 saturated carbocycles. The van der Waals surface area contributed by atoms with Crippen molar-refractivity contribution in [2.45, 2.75) is 135 Å². The maximum absolute atomic E-state index is 13.6. The number of esters is 1. The normalized spacial score (nSPS) is 17.4. The maximum atomic E-state index is 13.6. The van der Waals surface area contributed by atoms with Gasteiger partial charge in [0.25, 0.3) is 5.91 Å². The fraction of sp³-hybridized carbons (Fsp3) is 0.509. The maximum Gasteiger partial charge on any atom is 0.340 e. The van der Waals surface area contributed by atoms with Crippen LogP contribution in [0.5, 0.6) is 23.0 Å². The van der Waals surface area contributed by atoms with Crippen LogP contribution < -0.4 is 35.0 Å². The minimum absolute atomic E-state index is 0.0626. The number of hydrogen-bond acceptors (Lipinski definition) is 18. The van der Waals surface area contributed by atoms with E-state index in [1.807, 2.05) is 0 Å². The number of aliphatic hydroxyl groups is 3. The molecule has 5 aromatic rings. The molecule has 2 fully saturated rings. The highest BCUT2D eigenvalue weighted by Gasteiger charge is 2.54. The lowest BCUT2D eigenvalue weighted by molar-refractivity contribution is -0.121. The molecular formula is C55H70N10O10. The Morgan fingerprint density at radius 1 is 0.640 bits per heavy atom. The number of carbonyl (C=O) groups is 3. The van der Waals surface area contributed by atoms with Crippen LogP contribution in [-0.4, -0.2) is 128 Å². The monoisotopic (exact) mass is 1030 g/mol. The van der Waals surface area contributed by atoms with Gasteiger partial charge in [-0.2, -0.15) is 9.97 Å². The van der Waals surface area contributed by atoms with Crippen molar-refractivity contribution in [3.63, 3.8) is 0 Å². The highest BCUT2D eigenvalue weighted by atomic mass is 16.6. The largest absolute Gasteiger partial charge is 0.508 e. The molecule has 0 aliphatic carbocycles. The van der Waals surface area contributed by atoms with Crippen LogP contribution >= 0.6 is 0 Å². The minimum atomic E-state index is -1.50. The van der Waals surface area contributed by atoms with Gasteiger partial charge in [-0.25, -0.2) is 14.8 Å². The van der Waals surface area contributed by atoms with E-state index in [9.17, 15) is 39.9 Å². The summed E-state index contributed by atoms with van der Waals surface area (Å²) in [5, 5.41) is 59.5. The lowest BCUT2D eigenvalue weighted by Gasteiger charge is -2.36. The van der Waals surface area contributed by atoms with Crippen LogP contribution in [0.25, 0.3) is 11.0 Å². The SMILES string of the molecule is CC(O)N(CCNC(=O)CCCCCNC(=O)c1ccc2c(c1)C1(OC2=O)c2ccc(O)cc2Oc2cc(O)ccc21)c1nc(N2CCCCCCC2)c2nc(N(C(C)O)C(C)O)nc(N3CCCCCCC3)c2n1. The Bertz CT molecular complexity index is 2810. The first-order chi connectivity index (χ1) is 36.2. The van der Waals surface area contributed by atoms with Crippen molar-refractivity contribution in [1.29, 1.82) is 0 Å². The molecule has 4 aliphatic rings. The molecule has 0 radical (unpaired) electrons. The lowest BCUT2D eigenvalue weighted by Crippen LogP contribution is -2.42. The van der Waals surface area contributed by atoms with Crippen LogP contribution in [0.4, 0.5) is 23.5 Å². The molecule has 400 valence electrons. The Kier molecular flexibility index (Phi) is 16.4. The summed E-state index contributed by atoms with van der Waals surface area (Å²) < 4.78 is 12.2. The Morgan fingerprint density at radius 2 is 1.19 bits per heavy atom. The molecular weight excluding hydrogens is 961 g/mol. The van der Waals surface area contributed by atoms with E-state index < -0.39 is 30.3 Å². The average molecular weight is 1030 g/mol. The second-order valence-corrected chi connectivity index (χ2v) is 20.1. The number of anilines is 4. The highest BCUT2D eigenvalue weighted by molar-refractivity contribution is 6.01. The predicted molar refractivity (Wildman–Crippen MR) is 282 cm³/mol. The van der Waals surface area contributed by atoms with Gasteiger partial charge in [-0.1, -0.05) is 44.9 Å². The van der Waals surface area contributed by atoms with Gasteiger partial charge in [-0.15, -0.1) is 0 Å². The van der Waals surface area contributed by atoms with Gasteiger partial charge in [-0.3, -0.25) is 14.5 Å². The van der Waals surface area contributed by atoms with Crippen molar-refractivity contribution < 1.29 is 49.4 Å².